The average Bonchev–Trinajstić information content (AvgIpc) is 2.86. The molecule has 0 radical (unpaired) electrons. The maximum absolute atomic E-state index is 12.4. The standard InChI is InChI=1S/C15H18F2N2O4/c1-15(2)12(20)11(19-6-5-18-14(19)21)9-7-8(22-13(16)17)3-4-10(9)23-15/h3-4,7,11-13,20H,5-6H2,1-2H3,(H,18,21). The highest BCUT2D eigenvalue weighted by atomic mass is 19.3. The molecule has 1 aromatic carbocycles. The Hall–Kier alpha value is -2.09. The summed E-state index contributed by atoms with van der Waals surface area (Å²) in [7, 11) is 0. The summed E-state index contributed by atoms with van der Waals surface area (Å²) in [5.74, 6) is 0.394. The van der Waals surface area contributed by atoms with Crippen LogP contribution in [0.3, 0.4) is 0 Å². The molecule has 2 heterocycles. The van der Waals surface area contributed by atoms with Crippen molar-refractivity contribution in [1.29, 1.82) is 0 Å². The Kier molecular flexibility index (Phi) is 3.79. The van der Waals surface area contributed by atoms with Crippen LogP contribution in [-0.2, 0) is 0 Å². The number of nitrogens with one attached hydrogen (secondary N) is 1. The van der Waals surface area contributed by atoms with E-state index in [0.29, 0.717) is 24.4 Å². The number of hydrogen-bond donors (Lipinski definition) is 2. The molecule has 1 saturated heterocycles. The first-order valence-corrected chi connectivity index (χ1v) is 7.30. The lowest BCUT2D eigenvalue weighted by atomic mass is 9.85. The number of ether oxygens (including phenoxy) is 2. The van der Waals surface area contributed by atoms with Gasteiger partial charge in [0.1, 0.15) is 23.2 Å². The van der Waals surface area contributed by atoms with Crippen molar-refractivity contribution in [1.82, 2.24) is 10.2 Å². The van der Waals surface area contributed by atoms with E-state index in [1.807, 2.05) is 0 Å². The Bertz CT molecular complexity index is 623. The summed E-state index contributed by atoms with van der Waals surface area (Å²) in [6.07, 6.45) is -1.01. The first kappa shape index (κ1) is 15.8. The Morgan fingerprint density at radius 2 is 2.22 bits per heavy atom. The van der Waals surface area contributed by atoms with Gasteiger partial charge >= 0.3 is 12.6 Å². The van der Waals surface area contributed by atoms with E-state index >= 15 is 0 Å². The molecule has 6 nitrogen and oxygen atoms in total. The van der Waals surface area contributed by atoms with E-state index in [9.17, 15) is 18.7 Å². The summed E-state index contributed by atoms with van der Waals surface area (Å²) in [4.78, 5) is 13.5. The minimum Gasteiger partial charge on any atom is -0.485 e. The highest BCUT2D eigenvalue weighted by Crippen LogP contribution is 2.44. The van der Waals surface area contributed by atoms with Gasteiger partial charge in [0.15, 0.2) is 0 Å². The zero-order valence-corrected chi connectivity index (χ0v) is 12.8. The largest absolute Gasteiger partial charge is 0.485 e. The second-order valence-corrected chi connectivity index (χ2v) is 6.10. The van der Waals surface area contributed by atoms with Gasteiger partial charge in [-0.2, -0.15) is 8.78 Å². The van der Waals surface area contributed by atoms with E-state index < -0.39 is 24.4 Å². The van der Waals surface area contributed by atoms with Crippen molar-refractivity contribution in [3.05, 3.63) is 23.8 Å². The van der Waals surface area contributed by atoms with Crippen molar-refractivity contribution in [2.45, 2.75) is 38.2 Å². The molecule has 0 aromatic heterocycles. The number of carbonyl (C=O) groups excluding carboxylic acids is 1. The van der Waals surface area contributed by atoms with E-state index in [1.54, 1.807) is 13.8 Å². The first-order valence-electron chi connectivity index (χ1n) is 7.30. The summed E-state index contributed by atoms with van der Waals surface area (Å²) in [6.45, 7) is 1.35. The fourth-order valence-electron chi connectivity index (χ4n) is 3.01. The summed E-state index contributed by atoms with van der Waals surface area (Å²) in [5.41, 5.74) is -0.474. The smallest absolute Gasteiger partial charge is 0.387 e. The zero-order valence-electron chi connectivity index (χ0n) is 12.8. The summed E-state index contributed by atoms with van der Waals surface area (Å²) in [5, 5.41) is 13.3. The van der Waals surface area contributed by atoms with Crippen LogP contribution in [0.5, 0.6) is 11.5 Å². The first-order chi connectivity index (χ1) is 10.8. The predicted octanol–water partition coefficient (Wildman–Crippen LogP) is 1.89. The molecule has 0 spiro atoms. The lowest BCUT2D eigenvalue weighted by Crippen LogP contribution is -2.54. The van der Waals surface area contributed by atoms with Crippen molar-refractivity contribution >= 4 is 6.03 Å². The number of halogens is 2. The molecule has 2 atom stereocenters. The zero-order chi connectivity index (χ0) is 16.8. The Morgan fingerprint density at radius 3 is 2.83 bits per heavy atom. The number of benzene rings is 1. The van der Waals surface area contributed by atoms with Gasteiger partial charge in [0.05, 0.1) is 6.04 Å². The molecule has 2 aliphatic rings. The highest BCUT2D eigenvalue weighted by Gasteiger charge is 2.47. The molecule has 3 rings (SSSR count). The van der Waals surface area contributed by atoms with Crippen LogP contribution >= 0.6 is 0 Å². The third-order valence-corrected chi connectivity index (χ3v) is 4.13. The topological polar surface area (TPSA) is 71.0 Å². The number of aliphatic hydroxyl groups excluding tert-OH is 1. The molecule has 2 aliphatic heterocycles. The molecule has 2 amide bonds. The molecular weight excluding hydrogens is 310 g/mol. The van der Waals surface area contributed by atoms with Crippen LogP contribution in [-0.4, -0.2) is 47.4 Å². The monoisotopic (exact) mass is 328 g/mol. The van der Waals surface area contributed by atoms with Gasteiger partial charge in [0.2, 0.25) is 0 Å². The van der Waals surface area contributed by atoms with E-state index in [4.69, 9.17) is 4.74 Å². The van der Waals surface area contributed by atoms with Crippen LogP contribution in [0, 0.1) is 0 Å². The van der Waals surface area contributed by atoms with E-state index in [1.165, 1.54) is 23.1 Å². The molecule has 2 unspecified atom stereocenters. The lowest BCUT2D eigenvalue weighted by molar-refractivity contribution is -0.0830. The Morgan fingerprint density at radius 1 is 1.48 bits per heavy atom. The van der Waals surface area contributed by atoms with Crippen molar-refractivity contribution in [3.63, 3.8) is 0 Å². The molecule has 0 bridgehead atoms. The number of carbonyl (C=O) groups is 1. The van der Waals surface area contributed by atoms with Gasteiger partial charge < -0.3 is 24.8 Å². The molecule has 1 aromatic rings. The number of urea groups is 1. The number of rotatable bonds is 3. The van der Waals surface area contributed by atoms with Gasteiger partial charge in [-0.05, 0) is 32.0 Å². The average molecular weight is 328 g/mol. The van der Waals surface area contributed by atoms with Gasteiger partial charge in [0.25, 0.3) is 0 Å². The van der Waals surface area contributed by atoms with Gasteiger partial charge in [-0.25, -0.2) is 4.79 Å². The van der Waals surface area contributed by atoms with E-state index in [0.717, 1.165) is 0 Å². The predicted molar refractivity (Wildman–Crippen MR) is 76.6 cm³/mol. The van der Waals surface area contributed by atoms with Crippen molar-refractivity contribution in [2.24, 2.45) is 0 Å². The molecule has 2 N–H and O–H groups in total. The van der Waals surface area contributed by atoms with Crippen LogP contribution in [0.25, 0.3) is 0 Å². The van der Waals surface area contributed by atoms with Crippen molar-refractivity contribution < 1.29 is 28.2 Å². The normalized spacial score (nSPS) is 25.8. The molecule has 126 valence electrons. The molecule has 0 aliphatic carbocycles. The third kappa shape index (κ3) is 2.78. The van der Waals surface area contributed by atoms with Crippen LogP contribution < -0.4 is 14.8 Å². The second kappa shape index (κ2) is 5.52. The van der Waals surface area contributed by atoms with E-state index in [-0.39, 0.29) is 11.8 Å². The van der Waals surface area contributed by atoms with Crippen LogP contribution in [0.15, 0.2) is 18.2 Å². The number of fused-ring (bicyclic) bond motifs is 1. The molecule has 0 saturated carbocycles. The van der Waals surface area contributed by atoms with Crippen LogP contribution in [0.2, 0.25) is 0 Å². The minimum atomic E-state index is -2.95. The number of alkyl halides is 2. The maximum Gasteiger partial charge on any atom is 0.387 e. The van der Waals surface area contributed by atoms with Gasteiger partial charge in [-0.3, -0.25) is 0 Å². The molecule has 1 fully saturated rings. The second-order valence-electron chi connectivity index (χ2n) is 6.10. The Balaban J connectivity index is 2.05. The molecular formula is C15H18F2N2O4. The quantitative estimate of drug-likeness (QED) is 0.889. The summed E-state index contributed by atoms with van der Waals surface area (Å²) >= 11 is 0. The fraction of sp³-hybridized carbons (Fsp3) is 0.533. The summed E-state index contributed by atoms with van der Waals surface area (Å²) < 4.78 is 35.1. The molecule has 8 heteroatoms. The SMILES string of the molecule is CC1(C)Oc2ccc(OC(F)F)cc2C(N2CCNC2=O)C1O. The number of nitrogens with zero attached hydrogens (tertiary/aromatic N) is 1. The van der Waals surface area contributed by atoms with Crippen LogP contribution in [0.4, 0.5) is 13.6 Å². The molecule has 23 heavy (non-hydrogen) atoms. The van der Waals surface area contributed by atoms with Gasteiger partial charge in [-0.15, -0.1) is 0 Å². The fourth-order valence-corrected chi connectivity index (χ4v) is 3.01. The number of amides is 2. The van der Waals surface area contributed by atoms with Gasteiger partial charge in [0, 0.05) is 18.7 Å². The minimum absolute atomic E-state index is 0.0427. The number of aliphatic hydroxyl groups is 1. The Labute approximate surface area is 132 Å². The van der Waals surface area contributed by atoms with E-state index in [2.05, 4.69) is 10.1 Å². The van der Waals surface area contributed by atoms with Crippen molar-refractivity contribution in [2.75, 3.05) is 13.1 Å². The maximum atomic E-state index is 12.4. The third-order valence-electron chi connectivity index (χ3n) is 4.13. The lowest BCUT2D eigenvalue weighted by Gasteiger charge is -2.45. The number of hydrogen-bond acceptors (Lipinski definition) is 4. The van der Waals surface area contributed by atoms with Gasteiger partial charge in [-0.1, -0.05) is 0 Å². The summed E-state index contributed by atoms with van der Waals surface area (Å²) in [6, 6.07) is 3.27. The highest BCUT2D eigenvalue weighted by molar-refractivity contribution is 5.77. The van der Waals surface area contributed by atoms with Crippen molar-refractivity contribution in [3.8, 4) is 11.5 Å². The van der Waals surface area contributed by atoms with Crippen LogP contribution in [0.1, 0.15) is 25.5 Å².